The molecule has 0 atom stereocenters. The Hall–Kier alpha value is 0.247. The van der Waals surface area contributed by atoms with E-state index in [0.29, 0.717) is 5.88 Å². The van der Waals surface area contributed by atoms with Crippen LogP contribution in [0.2, 0.25) is 25.7 Å². The molecule has 0 bridgehead atoms. The summed E-state index contributed by atoms with van der Waals surface area (Å²) in [5.41, 5.74) is 0. The van der Waals surface area contributed by atoms with Crippen molar-refractivity contribution in [3.63, 3.8) is 0 Å². The lowest BCUT2D eigenvalue weighted by molar-refractivity contribution is 0.653. The highest BCUT2D eigenvalue weighted by atomic mass is 35.5. The van der Waals surface area contributed by atoms with E-state index in [1.165, 1.54) is 38.1 Å². The second-order valence-corrected chi connectivity index (χ2v) is 11.1. The third-order valence-corrected chi connectivity index (χ3v) is 4.21. The van der Waals surface area contributed by atoms with Crippen molar-refractivity contribution in [3.05, 3.63) is 12.7 Å². The minimum absolute atomic E-state index is 0.556. The first-order chi connectivity index (χ1) is 6.97. The van der Waals surface area contributed by atoms with Gasteiger partial charge in [0, 0.05) is 14.0 Å². The van der Waals surface area contributed by atoms with E-state index in [0.717, 1.165) is 0 Å². The van der Waals surface area contributed by atoms with Crippen LogP contribution in [0.5, 0.6) is 0 Å². The maximum Gasteiger partial charge on any atom is 0.0442 e. The van der Waals surface area contributed by atoms with E-state index in [1.54, 1.807) is 6.08 Å². The molecule has 0 heterocycles. The van der Waals surface area contributed by atoms with Crippen LogP contribution in [0.3, 0.4) is 0 Å². The van der Waals surface area contributed by atoms with Crippen molar-refractivity contribution in [2.75, 3.05) is 5.88 Å². The Bertz CT molecular complexity index is 127. The lowest BCUT2D eigenvalue weighted by Gasteiger charge is -2.14. The van der Waals surface area contributed by atoms with Crippen LogP contribution in [0.25, 0.3) is 0 Å². The summed E-state index contributed by atoms with van der Waals surface area (Å²) in [5.74, 6) is 0.556. The first kappa shape index (κ1) is 17.6. The van der Waals surface area contributed by atoms with Crippen molar-refractivity contribution < 1.29 is 0 Å². The highest BCUT2D eigenvalue weighted by molar-refractivity contribution is 6.76. The van der Waals surface area contributed by atoms with Gasteiger partial charge in [0.2, 0.25) is 0 Å². The third kappa shape index (κ3) is 25.0. The van der Waals surface area contributed by atoms with Crippen molar-refractivity contribution >= 4 is 19.7 Å². The number of allylic oxidation sites excluding steroid dienone is 1. The summed E-state index contributed by atoms with van der Waals surface area (Å²) in [6, 6.07) is 1.52. The molecule has 0 aromatic rings. The second kappa shape index (κ2) is 12.3. The molecule has 0 aromatic carbocycles. The van der Waals surface area contributed by atoms with Gasteiger partial charge in [-0.2, -0.15) is 0 Å². The van der Waals surface area contributed by atoms with Gasteiger partial charge in [-0.1, -0.05) is 70.8 Å². The first-order valence-corrected chi connectivity index (χ1v) is 10.4. The van der Waals surface area contributed by atoms with Crippen molar-refractivity contribution in [2.45, 2.75) is 64.7 Å². The van der Waals surface area contributed by atoms with Gasteiger partial charge < -0.3 is 0 Å². The minimum Gasteiger partial charge on any atom is -0.122 e. The average molecular weight is 249 g/mol. The first-order valence-electron chi connectivity index (χ1n) is 6.14. The molecule has 2 heteroatoms. The highest BCUT2D eigenvalue weighted by Crippen LogP contribution is 2.14. The van der Waals surface area contributed by atoms with Crippen LogP contribution in [-0.4, -0.2) is 14.0 Å². The van der Waals surface area contributed by atoms with E-state index in [2.05, 4.69) is 33.1 Å². The summed E-state index contributed by atoms with van der Waals surface area (Å²) >= 11 is 5.07. The van der Waals surface area contributed by atoms with E-state index < -0.39 is 8.07 Å². The average Bonchev–Trinajstić information content (AvgIpc) is 2.16. The number of unbranched alkanes of at least 4 members (excludes halogenated alkanes) is 4. The summed E-state index contributed by atoms with van der Waals surface area (Å²) in [5, 5.41) is 0. The zero-order chi connectivity index (χ0) is 12.2. The maximum absolute atomic E-state index is 5.07. The quantitative estimate of drug-likeness (QED) is 0.234. The number of alkyl halides is 1. The molecule has 0 rings (SSSR count). The second-order valence-electron chi connectivity index (χ2n) is 5.17. The van der Waals surface area contributed by atoms with Crippen LogP contribution in [-0.2, 0) is 0 Å². The fraction of sp³-hybridized carbons (Fsp3) is 0.846. The fourth-order valence-corrected chi connectivity index (χ4v) is 2.57. The maximum atomic E-state index is 5.07. The van der Waals surface area contributed by atoms with Gasteiger partial charge in [-0.3, -0.25) is 0 Å². The van der Waals surface area contributed by atoms with E-state index in [-0.39, 0.29) is 0 Å². The van der Waals surface area contributed by atoms with E-state index in [4.69, 9.17) is 11.6 Å². The van der Waals surface area contributed by atoms with Gasteiger partial charge in [-0.25, -0.2) is 0 Å². The number of halogens is 1. The molecule has 0 saturated carbocycles. The molecule has 15 heavy (non-hydrogen) atoms. The number of hydrogen-bond donors (Lipinski definition) is 0. The Morgan fingerprint density at radius 1 is 1.07 bits per heavy atom. The summed E-state index contributed by atoms with van der Waals surface area (Å²) in [7, 11) is -0.717. The third-order valence-electron chi connectivity index (χ3n) is 2.14. The summed E-state index contributed by atoms with van der Waals surface area (Å²) in [6.45, 7) is 13.0. The topological polar surface area (TPSA) is 0 Å². The summed E-state index contributed by atoms with van der Waals surface area (Å²) in [6.07, 6.45) is 8.86. The van der Waals surface area contributed by atoms with Gasteiger partial charge in [0.15, 0.2) is 0 Å². The smallest absolute Gasteiger partial charge is 0.0442 e. The fourth-order valence-electron chi connectivity index (χ4n) is 1.26. The summed E-state index contributed by atoms with van der Waals surface area (Å²) in [4.78, 5) is 0. The molecule has 0 fully saturated rings. The van der Waals surface area contributed by atoms with Crippen molar-refractivity contribution in [2.24, 2.45) is 0 Å². The van der Waals surface area contributed by atoms with Crippen molar-refractivity contribution in [1.82, 2.24) is 0 Å². The Morgan fingerprint density at radius 2 is 1.53 bits per heavy atom. The molecule has 0 aliphatic heterocycles. The lowest BCUT2D eigenvalue weighted by atomic mass is 10.2. The Balaban J connectivity index is 0. The van der Waals surface area contributed by atoms with Gasteiger partial charge in [0.1, 0.15) is 0 Å². The standard InChI is InChI=1S/C10H24Si.C3H5Cl/c1-5-6-7-8-9-10-11(2,3)4;1-2-3-4/h5-10H2,1-4H3;2H,1,3H2. The Morgan fingerprint density at radius 3 is 1.87 bits per heavy atom. The van der Waals surface area contributed by atoms with Crippen LogP contribution in [0.1, 0.15) is 39.0 Å². The van der Waals surface area contributed by atoms with Gasteiger partial charge in [-0.05, 0) is 0 Å². The Labute approximate surface area is 103 Å². The molecule has 0 amide bonds. The lowest BCUT2D eigenvalue weighted by Crippen LogP contribution is -2.18. The molecule has 0 radical (unpaired) electrons. The van der Waals surface area contributed by atoms with Crippen molar-refractivity contribution in [1.29, 1.82) is 0 Å². The number of hydrogen-bond acceptors (Lipinski definition) is 0. The largest absolute Gasteiger partial charge is 0.122 e. The Kier molecular flexibility index (Phi) is 14.5. The molecule has 0 aliphatic rings. The van der Waals surface area contributed by atoms with Crippen LogP contribution in [0.15, 0.2) is 12.7 Å². The zero-order valence-electron chi connectivity index (χ0n) is 11.1. The molecule has 0 aliphatic carbocycles. The normalized spacial score (nSPS) is 10.5. The van der Waals surface area contributed by atoms with Gasteiger partial charge in [0.25, 0.3) is 0 Å². The molecular weight excluding hydrogens is 220 g/mol. The van der Waals surface area contributed by atoms with Crippen LogP contribution in [0.4, 0.5) is 0 Å². The van der Waals surface area contributed by atoms with Gasteiger partial charge in [0.05, 0.1) is 0 Å². The summed E-state index contributed by atoms with van der Waals surface area (Å²) < 4.78 is 0. The van der Waals surface area contributed by atoms with Gasteiger partial charge in [-0.15, -0.1) is 18.2 Å². The monoisotopic (exact) mass is 248 g/mol. The molecule has 0 N–H and O–H groups in total. The highest BCUT2D eigenvalue weighted by Gasteiger charge is 2.10. The molecule has 0 aromatic heterocycles. The van der Waals surface area contributed by atoms with Crippen LogP contribution in [0, 0.1) is 0 Å². The molecule has 0 spiro atoms. The predicted molar refractivity (Wildman–Crippen MR) is 77.8 cm³/mol. The molecular formula is C13H29ClSi. The molecule has 0 nitrogen and oxygen atoms in total. The number of rotatable bonds is 7. The predicted octanol–water partition coefficient (Wildman–Crippen LogP) is 5.71. The zero-order valence-corrected chi connectivity index (χ0v) is 12.9. The van der Waals surface area contributed by atoms with E-state index in [1.807, 2.05) is 0 Å². The van der Waals surface area contributed by atoms with Crippen LogP contribution >= 0.6 is 11.6 Å². The molecule has 0 saturated heterocycles. The van der Waals surface area contributed by atoms with E-state index in [9.17, 15) is 0 Å². The van der Waals surface area contributed by atoms with Crippen LogP contribution < -0.4 is 0 Å². The minimum atomic E-state index is -0.717. The molecule has 92 valence electrons. The SMILES string of the molecule is C=CCCl.CCCCCCC[Si](C)(C)C. The van der Waals surface area contributed by atoms with Gasteiger partial charge >= 0.3 is 0 Å². The van der Waals surface area contributed by atoms with Crippen molar-refractivity contribution in [3.8, 4) is 0 Å². The van der Waals surface area contributed by atoms with E-state index >= 15 is 0 Å². The molecule has 0 unspecified atom stereocenters.